The first-order valence-electron chi connectivity index (χ1n) is 13.4. The molecule has 1 aromatic carbocycles. The summed E-state index contributed by atoms with van der Waals surface area (Å²) in [5, 5.41) is 3.52. The van der Waals surface area contributed by atoms with E-state index in [9.17, 15) is 14.4 Å². The van der Waals surface area contributed by atoms with E-state index < -0.39 is 11.7 Å². The number of halogens is 1. The molecular formula is C28H43ClN4O4. The number of ether oxygens (including phenoxy) is 1. The largest absolute Gasteiger partial charge is 0.444 e. The molecule has 9 heteroatoms. The summed E-state index contributed by atoms with van der Waals surface area (Å²) in [5.74, 6) is 0.338. The highest BCUT2D eigenvalue weighted by Crippen LogP contribution is 2.29. The van der Waals surface area contributed by atoms with Gasteiger partial charge in [-0.25, -0.2) is 4.79 Å². The molecule has 1 saturated heterocycles. The fourth-order valence-corrected chi connectivity index (χ4v) is 5.34. The van der Waals surface area contributed by atoms with Crippen molar-refractivity contribution in [2.45, 2.75) is 84.9 Å². The summed E-state index contributed by atoms with van der Waals surface area (Å²) in [6.07, 6.45) is 4.07. The van der Waals surface area contributed by atoms with Gasteiger partial charge in [-0.2, -0.15) is 0 Å². The van der Waals surface area contributed by atoms with E-state index >= 15 is 0 Å². The number of amides is 3. The molecule has 1 aromatic rings. The molecule has 0 spiro atoms. The normalized spacial score (nSPS) is 19.1. The van der Waals surface area contributed by atoms with Crippen molar-refractivity contribution in [1.82, 2.24) is 14.7 Å². The van der Waals surface area contributed by atoms with Crippen LogP contribution in [0.2, 0.25) is 5.02 Å². The molecule has 1 heterocycles. The molecule has 1 aliphatic heterocycles. The van der Waals surface area contributed by atoms with Crippen molar-refractivity contribution in [2.75, 3.05) is 38.5 Å². The fourth-order valence-electron chi connectivity index (χ4n) is 5.09. The third kappa shape index (κ3) is 8.34. The Morgan fingerprint density at radius 1 is 1.16 bits per heavy atom. The highest BCUT2D eigenvalue weighted by Gasteiger charge is 2.33. The van der Waals surface area contributed by atoms with Gasteiger partial charge in [-0.1, -0.05) is 24.4 Å². The molecule has 1 saturated carbocycles. The minimum Gasteiger partial charge on any atom is -0.444 e. The summed E-state index contributed by atoms with van der Waals surface area (Å²) in [5.41, 5.74) is 2.11. The van der Waals surface area contributed by atoms with Gasteiger partial charge >= 0.3 is 6.09 Å². The van der Waals surface area contributed by atoms with Crippen LogP contribution in [0.15, 0.2) is 12.1 Å². The van der Waals surface area contributed by atoms with Crippen LogP contribution in [-0.2, 0) is 20.9 Å². The summed E-state index contributed by atoms with van der Waals surface area (Å²) < 4.78 is 5.34. The Hall–Kier alpha value is -2.32. The van der Waals surface area contributed by atoms with Crippen LogP contribution in [0, 0.1) is 12.8 Å². The zero-order valence-electron chi connectivity index (χ0n) is 23.2. The minimum atomic E-state index is -0.585. The van der Waals surface area contributed by atoms with Gasteiger partial charge in [0.25, 0.3) is 0 Å². The number of benzene rings is 1. The van der Waals surface area contributed by atoms with E-state index in [2.05, 4.69) is 22.0 Å². The van der Waals surface area contributed by atoms with E-state index in [-0.39, 0.29) is 30.8 Å². The van der Waals surface area contributed by atoms with Gasteiger partial charge < -0.3 is 19.9 Å². The van der Waals surface area contributed by atoms with Crippen molar-refractivity contribution in [2.24, 2.45) is 5.92 Å². The van der Waals surface area contributed by atoms with Crippen molar-refractivity contribution in [1.29, 1.82) is 0 Å². The van der Waals surface area contributed by atoms with Crippen molar-refractivity contribution >= 4 is 35.2 Å². The van der Waals surface area contributed by atoms with E-state index in [4.69, 9.17) is 16.3 Å². The molecule has 0 radical (unpaired) electrons. The first-order valence-corrected chi connectivity index (χ1v) is 13.8. The first-order chi connectivity index (χ1) is 17.3. The minimum absolute atomic E-state index is 0.144. The number of anilines is 1. The van der Waals surface area contributed by atoms with Crippen LogP contribution in [0.3, 0.4) is 0 Å². The third-order valence-corrected chi connectivity index (χ3v) is 7.44. The fraction of sp³-hybridized carbons (Fsp3) is 0.679. The Morgan fingerprint density at radius 3 is 2.46 bits per heavy atom. The van der Waals surface area contributed by atoms with Gasteiger partial charge in [-0.05, 0) is 70.7 Å². The van der Waals surface area contributed by atoms with Gasteiger partial charge in [0.15, 0.2) is 0 Å². The number of piperazine rings is 1. The van der Waals surface area contributed by atoms with Gasteiger partial charge in [-0.3, -0.25) is 14.5 Å². The van der Waals surface area contributed by atoms with Crippen molar-refractivity contribution in [3.8, 4) is 0 Å². The molecule has 1 aliphatic carbocycles. The zero-order chi connectivity index (χ0) is 27.3. The van der Waals surface area contributed by atoms with Gasteiger partial charge in [-0.15, -0.1) is 0 Å². The lowest BCUT2D eigenvalue weighted by Crippen LogP contribution is -2.54. The molecule has 1 atom stereocenters. The van der Waals surface area contributed by atoms with Crippen LogP contribution in [0.25, 0.3) is 0 Å². The maximum absolute atomic E-state index is 12.9. The summed E-state index contributed by atoms with van der Waals surface area (Å²) >= 11 is 6.43. The monoisotopic (exact) mass is 534 g/mol. The summed E-state index contributed by atoms with van der Waals surface area (Å²) in [6, 6.07) is 3.88. The number of rotatable bonds is 7. The molecule has 2 aliphatic rings. The van der Waals surface area contributed by atoms with E-state index in [1.54, 1.807) is 13.1 Å². The van der Waals surface area contributed by atoms with Crippen molar-refractivity contribution in [3.63, 3.8) is 0 Å². The standard InChI is InChI=1S/C28H43ClN4O4/c1-19-17-32(13-14-33(19)26(35)21-9-7-8-10-21)18-22-15-23(29)16-24(20(22)2)30-25(34)11-12-31(6)27(36)37-28(3,4)5/h15-16,19,21H,7-14,17-18H2,1-6H3,(H,30,34)/t19-/m0/s1. The number of carbonyl (C=O) groups excluding carboxylic acids is 3. The quantitative estimate of drug-likeness (QED) is 0.528. The van der Waals surface area contributed by atoms with E-state index in [1.165, 1.54) is 4.90 Å². The molecule has 0 bridgehead atoms. The van der Waals surface area contributed by atoms with Crippen LogP contribution in [0.4, 0.5) is 10.5 Å². The maximum Gasteiger partial charge on any atom is 0.410 e. The van der Waals surface area contributed by atoms with Crippen LogP contribution in [0.5, 0.6) is 0 Å². The smallest absolute Gasteiger partial charge is 0.410 e. The maximum atomic E-state index is 12.9. The predicted molar refractivity (Wildman–Crippen MR) is 147 cm³/mol. The van der Waals surface area contributed by atoms with Crippen LogP contribution in [-0.4, -0.2) is 77.5 Å². The lowest BCUT2D eigenvalue weighted by molar-refractivity contribution is -0.140. The van der Waals surface area contributed by atoms with Crippen LogP contribution >= 0.6 is 11.6 Å². The van der Waals surface area contributed by atoms with Crippen molar-refractivity contribution in [3.05, 3.63) is 28.3 Å². The van der Waals surface area contributed by atoms with E-state index in [0.29, 0.717) is 23.2 Å². The van der Waals surface area contributed by atoms with Crippen LogP contribution in [0.1, 0.15) is 70.9 Å². The van der Waals surface area contributed by atoms with E-state index in [1.807, 2.05) is 33.8 Å². The number of nitrogens with one attached hydrogen (secondary N) is 1. The van der Waals surface area contributed by atoms with Gasteiger partial charge in [0.05, 0.1) is 0 Å². The Labute approximate surface area is 226 Å². The van der Waals surface area contributed by atoms with Gasteiger partial charge in [0, 0.05) is 68.9 Å². The van der Waals surface area contributed by atoms with Crippen molar-refractivity contribution < 1.29 is 19.1 Å². The highest BCUT2D eigenvalue weighted by molar-refractivity contribution is 6.31. The number of carbonyl (C=O) groups is 3. The average molecular weight is 535 g/mol. The number of hydrogen-bond acceptors (Lipinski definition) is 5. The average Bonchev–Trinajstić information content (AvgIpc) is 3.34. The first kappa shape index (κ1) is 29.2. The molecule has 2 fully saturated rings. The topological polar surface area (TPSA) is 82.2 Å². The Balaban J connectivity index is 1.56. The zero-order valence-corrected chi connectivity index (χ0v) is 24.0. The second kappa shape index (κ2) is 12.5. The predicted octanol–water partition coefficient (Wildman–Crippen LogP) is 5.07. The molecular weight excluding hydrogens is 492 g/mol. The van der Waals surface area contributed by atoms with E-state index in [0.717, 1.165) is 56.4 Å². The van der Waals surface area contributed by atoms with Gasteiger partial charge in [0.1, 0.15) is 5.60 Å². The SMILES string of the molecule is Cc1c(CN2CCN(C(=O)C3CCCC3)[C@@H](C)C2)cc(Cl)cc1NC(=O)CCN(C)C(=O)OC(C)(C)C. The lowest BCUT2D eigenvalue weighted by atomic mass is 10.0. The lowest BCUT2D eigenvalue weighted by Gasteiger charge is -2.41. The second-order valence-electron chi connectivity index (χ2n) is 11.5. The number of nitrogens with zero attached hydrogens (tertiary/aromatic N) is 3. The summed E-state index contributed by atoms with van der Waals surface area (Å²) in [4.78, 5) is 43.6. The van der Waals surface area contributed by atoms with Crippen LogP contribution < -0.4 is 5.32 Å². The number of hydrogen-bond donors (Lipinski definition) is 1. The second-order valence-corrected chi connectivity index (χ2v) is 12.0. The molecule has 8 nitrogen and oxygen atoms in total. The molecule has 37 heavy (non-hydrogen) atoms. The van der Waals surface area contributed by atoms with Gasteiger partial charge in [0.2, 0.25) is 11.8 Å². The molecule has 1 N–H and O–H groups in total. The molecule has 3 amide bonds. The molecule has 0 unspecified atom stereocenters. The molecule has 206 valence electrons. The summed E-state index contributed by atoms with van der Waals surface area (Å²) in [7, 11) is 1.62. The Bertz CT molecular complexity index is 987. The summed E-state index contributed by atoms with van der Waals surface area (Å²) in [6.45, 7) is 12.8. The third-order valence-electron chi connectivity index (χ3n) is 7.23. The Morgan fingerprint density at radius 2 is 1.84 bits per heavy atom. The molecule has 3 rings (SSSR count). The Kier molecular flexibility index (Phi) is 9.86. The highest BCUT2D eigenvalue weighted by atomic mass is 35.5. The molecule has 0 aromatic heterocycles.